The van der Waals surface area contributed by atoms with Gasteiger partial charge in [0.15, 0.2) is 5.60 Å². The van der Waals surface area contributed by atoms with Crippen molar-refractivity contribution in [3.05, 3.63) is 117 Å². The van der Waals surface area contributed by atoms with Crippen LogP contribution in [0.2, 0.25) is 0 Å². The van der Waals surface area contributed by atoms with Crippen LogP contribution in [0.25, 0.3) is 0 Å². The number of hydrogen-bond acceptors (Lipinski definition) is 7. The van der Waals surface area contributed by atoms with Crippen molar-refractivity contribution in [3.8, 4) is 11.5 Å². The molecule has 6 rings (SSSR count). The molecule has 8 heteroatoms. The second kappa shape index (κ2) is 9.22. The van der Waals surface area contributed by atoms with Gasteiger partial charge in [-0.25, -0.2) is 4.79 Å². The second-order valence-electron chi connectivity index (χ2n) is 9.08. The smallest absolute Gasteiger partial charge is 0.340 e. The first kappa shape index (κ1) is 24.1. The lowest BCUT2D eigenvalue weighted by atomic mass is 9.77. The maximum atomic E-state index is 13.1. The zero-order chi connectivity index (χ0) is 26.4. The molecule has 1 atom stereocenters. The fourth-order valence-corrected chi connectivity index (χ4v) is 6.11. The minimum Gasteiger partial charge on any atom is -0.456 e. The summed E-state index contributed by atoms with van der Waals surface area (Å²) in [4.78, 5) is 27.7. The van der Waals surface area contributed by atoms with Crippen LogP contribution in [-0.2, 0) is 10.3 Å². The number of nitro benzene ring substituents is 1. The monoisotopic (exact) mass is 524 g/mol. The van der Waals surface area contributed by atoms with Gasteiger partial charge in [0, 0.05) is 63.5 Å². The summed E-state index contributed by atoms with van der Waals surface area (Å²) in [5.74, 6) is 0.881. The lowest BCUT2D eigenvalue weighted by molar-refractivity contribution is -0.384. The number of fused-ring (bicyclic) bond motifs is 6. The first-order chi connectivity index (χ1) is 18.4. The molecule has 0 radical (unpaired) electrons. The molecule has 38 heavy (non-hydrogen) atoms. The zero-order valence-electron chi connectivity index (χ0n) is 20.8. The molecule has 2 aliphatic rings. The highest BCUT2D eigenvalue weighted by Gasteiger charge is 2.53. The van der Waals surface area contributed by atoms with Gasteiger partial charge in [-0.1, -0.05) is 30.0 Å². The van der Waals surface area contributed by atoms with Gasteiger partial charge >= 0.3 is 5.97 Å². The number of nitrogens with zero attached hydrogens (tertiary/aromatic N) is 2. The van der Waals surface area contributed by atoms with Gasteiger partial charge in [-0.2, -0.15) is 0 Å². The molecule has 190 valence electrons. The predicted octanol–water partition coefficient (Wildman–Crippen LogP) is 7.16. The van der Waals surface area contributed by atoms with E-state index in [1.54, 1.807) is 18.2 Å². The van der Waals surface area contributed by atoms with E-state index in [2.05, 4.69) is 24.8 Å². The van der Waals surface area contributed by atoms with E-state index in [4.69, 9.17) is 9.47 Å². The van der Waals surface area contributed by atoms with Crippen LogP contribution < -0.4 is 9.64 Å². The molecule has 2 aliphatic heterocycles. The minimum atomic E-state index is -1.12. The molecule has 0 aliphatic carbocycles. The number of carbonyl (C=O) groups is 1. The Morgan fingerprint density at radius 2 is 1.50 bits per heavy atom. The molecule has 0 N–H and O–H groups in total. The van der Waals surface area contributed by atoms with Crippen molar-refractivity contribution in [3.63, 3.8) is 0 Å². The van der Waals surface area contributed by atoms with Gasteiger partial charge in [-0.3, -0.25) is 10.1 Å². The number of non-ortho nitro benzene ring substituents is 1. The van der Waals surface area contributed by atoms with Crippen molar-refractivity contribution < 1.29 is 19.2 Å². The Morgan fingerprint density at radius 1 is 0.842 bits per heavy atom. The third-order valence-corrected chi connectivity index (χ3v) is 8.08. The predicted molar refractivity (Wildman–Crippen MR) is 145 cm³/mol. The largest absolute Gasteiger partial charge is 0.456 e. The molecule has 4 aromatic rings. The van der Waals surface area contributed by atoms with Crippen LogP contribution in [0.1, 0.15) is 40.9 Å². The molecule has 0 bridgehead atoms. The Hall–Kier alpha value is -4.30. The maximum absolute atomic E-state index is 13.1. The van der Waals surface area contributed by atoms with Gasteiger partial charge in [-0.05, 0) is 62.4 Å². The normalized spacial score (nSPS) is 16.7. The Labute approximate surface area is 224 Å². The third-order valence-electron chi connectivity index (χ3n) is 7.08. The van der Waals surface area contributed by atoms with E-state index < -0.39 is 10.5 Å². The molecule has 1 spiro atoms. The summed E-state index contributed by atoms with van der Waals surface area (Å²) >= 11 is 1.48. The summed E-state index contributed by atoms with van der Waals surface area (Å²) in [6, 6.07) is 25.8. The van der Waals surface area contributed by atoms with Crippen molar-refractivity contribution in [1.82, 2.24) is 0 Å². The number of ether oxygens (including phenoxy) is 2. The summed E-state index contributed by atoms with van der Waals surface area (Å²) in [7, 11) is 0. The molecule has 0 saturated carbocycles. The topological polar surface area (TPSA) is 81.9 Å². The highest BCUT2D eigenvalue weighted by Crippen LogP contribution is 2.57. The summed E-state index contributed by atoms with van der Waals surface area (Å²) < 4.78 is 12.8. The second-order valence-corrected chi connectivity index (χ2v) is 10.2. The Morgan fingerprint density at radius 3 is 2.21 bits per heavy atom. The van der Waals surface area contributed by atoms with Gasteiger partial charge < -0.3 is 14.4 Å². The molecule has 7 nitrogen and oxygen atoms in total. The minimum absolute atomic E-state index is 0.0485. The molecule has 1 unspecified atom stereocenters. The highest BCUT2D eigenvalue weighted by molar-refractivity contribution is 7.99. The number of esters is 1. The van der Waals surface area contributed by atoms with Crippen molar-refractivity contribution in [1.29, 1.82) is 0 Å². The Kier molecular flexibility index (Phi) is 5.84. The highest BCUT2D eigenvalue weighted by atomic mass is 32.2. The van der Waals surface area contributed by atoms with Crippen molar-refractivity contribution in [2.24, 2.45) is 0 Å². The van der Waals surface area contributed by atoms with Gasteiger partial charge in [0.2, 0.25) is 0 Å². The van der Waals surface area contributed by atoms with E-state index in [0.29, 0.717) is 17.1 Å². The van der Waals surface area contributed by atoms with E-state index >= 15 is 0 Å². The molecular weight excluding hydrogens is 500 g/mol. The van der Waals surface area contributed by atoms with Gasteiger partial charge in [-0.15, -0.1) is 0 Å². The Bertz CT molecular complexity index is 1580. The fraction of sp³-hybridized carbons (Fsp3) is 0.167. The zero-order valence-corrected chi connectivity index (χ0v) is 21.7. The SMILES string of the molecule is CCN(CC)c1ccc2c(c1)Oc1cc(Sc3ccc([N+](=O)[O-])cc3)ccc1C21OC(=O)c2ccccc21. The first-order valence-electron chi connectivity index (χ1n) is 12.4. The van der Waals surface area contributed by atoms with E-state index in [1.807, 2.05) is 48.5 Å². The number of nitro groups is 1. The van der Waals surface area contributed by atoms with Crippen molar-refractivity contribution >= 4 is 29.1 Å². The quantitative estimate of drug-likeness (QED) is 0.150. The molecule has 0 aromatic heterocycles. The van der Waals surface area contributed by atoms with Crippen LogP contribution in [0.4, 0.5) is 11.4 Å². The number of benzene rings is 4. The van der Waals surface area contributed by atoms with Gasteiger partial charge in [0.05, 0.1) is 10.5 Å². The van der Waals surface area contributed by atoms with Crippen LogP contribution in [0.5, 0.6) is 11.5 Å². The molecular formula is C30H24N2O5S. The maximum Gasteiger partial charge on any atom is 0.340 e. The average Bonchev–Trinajstić information content (AvgIpc) is 3.22. The van der Waals surface area contributed by atoms with Crippen LogP contribution >= 0.6 is 11.8 Å². The number of carbonyl (C=O) groups excluding carboxylic acids is 1. The van der Waals surface area contributed by atoms with Crippen molar-refractivity contribution in [2.75, 3.05) is 18.0 Å². The molecule has 0 saturated heterocycles. The average molecular weight is 525 g/mol. The lowest BCUT2D eigenvalue weighted by Crippen LogP contribution is -2.33. The summed E-state index contributed by atoms with van der Waals surface area (Å²) in [5.41, 5.74) is 2.84. The number of hydrogen-bond donors (Lipinski definition) is 0. The molecule has 0 amide bonds. The van der Waals surface area contributed by atoms with Crippen LogP contribution in [0.15, 0.2) is 94.7 Å². The van der Waals surface area contributed by atoms with E-state index in [9.17, 15) is 14.9 Å². The summed E-state index contributed by atoms with van der Waals surface area (Å²) in [6.45, 7) is 5.92. The molecule has 0 fully saturated rings. The first-order valence-corrected chi connectivity index (χ1v) is 13.2. The van der Waals surface area contributed by atoms with Gasteiger partial charge in [0.25, 0.3) is 5.69 Å². The van der Waals surface area contributed by atoms with E-state index in [1.165, 1.54) is 23.9 Å². The van der Waals surface area contributed by atoms with Crippen molar-refractivity contribution in [2.45, 2.75) is 29.2 Å². The number of rotatable bonds is 6. The fourth-order valence-electron chi connectivity index (χ4n) is 5.27. The lowest BCUT2D eigenvalue weighted by Gasteiger charge is -2.37. The van der Waals surface area contributed by atoms with Crippen LogP contribution in [0.3, 0.4) is 0 Å². The third kappa shape index (κ3) is 3.71. The van der Waals surface area contributed by atoms with E-state index in [-0.39, 0.29) is 11.7 Å². The van der Waals surface area contributed by atoms with E-state index in [0.717, 1.165) is 45.3 Å². The summed E-state index contributed by atoms with van der Waals surface area (Å²) in [5, 5.41) is 11.0. The standard InChI is InChI=1S/C30H24N2O5S/c1-3-31(4-2)20-11-15-25-27(17-20)36-28-18-22(38-21-12-9-19(10-13-21)32(34)35)14-16-26(28)30(25)24-8-6-5-7-23(24)29(33)37-30/h5-18H,3-4H2,1-2H3. The Balaban J connectivity index is 1.48. The van der Waals surface area contributed by atoms with Gasteiger partial charge in [0.1, 0.15) is 11.5 Å². The van der Waals surface area contributed by atoms with Crippen LogP contribution in [-0.4, -0.2) is 24.0 Å². The van der Waals surface area contributed by atoms with Crippen LogP contribution in [0, 0.1) is 10.1 Å². The number of anilines is 1. The molecule has 4 aromatic carbocycles. The molecule has 2 heterocycles. The summed E-state index contributed by atoms with van der Waals surface area (Å²) in [6.07, 6.45) is 0.